The van der Waals surface area contributed by atoms with Crippen molar-refractivity contribution in [2.75, 3.05) is 21.6 Å². The van der Waals surface area contributed by atoms with Crippen LogP contribution in [0.4, 0.5) is 10.8 Å². The van der Waals surface area contributed by atoms with Crippen LogP contribution in [0.3, 0.4) is 0 Å². The Hall–Kier alpha value is -1.65. The molecule has 0 radical (unpaired) electrons. The highest BCUT2D eigenvalue weighted by molar-refractivity contribution is 8.01. The maximum absolute atomic E-state index is 12.9. The van der Waals surface area contributed by atoms with Crippen LogP contribution in [-0.4, -0.2) is 42.6 Å². The molecule has 1 aromatic carbocycles. The Morgan fingerprint density at radius 3 is 2.43 bits per heavy atom. The predicted octanol–water partition coefficient (Wildman–Crippen LogP) is 3.78. The highest BCUT2D eigenvalue weighted by atomic mass is 32.2. The van der Waals surface area contributed by atoms with Crippen LogP contribution in [0.15, 0.2) is 28.6 Å². The summed E-state index contributed by atoms with van der Waals surface area (Å²) in [7, 11) is -3.66. The molecule has 0 aliphatic rings. The molecule has 0 bridgehead atoms. The summed E-state index contributed by atoms with van der Waals surface area (Å²) in [6, 6.07) is 6.17. The molecule has 7 nitrogen and oxygen atoms in total. The van der Waals surface area contributed by atoms with E-state index in [-0.39, 0.29) is 0 Å². The van der Waals surface area contributed by atoms with Gasteiger partial charge in [0.15, 0.2) is 4.34 Å². The van der Waals surface area contributed by atoms with Crippen molar-refractivity contribution in [3.05, 3.63) is 29.8 Å². The Kier molecular flexibility index (Phi) is 7.85. The number of nitrogens with one attached hydrogen (secondary N) is 1. The molecule has 2 aromatic rings. The van der Waals surface area contributed by atoms with Crippen LogP contribution in [-0.2, 0) is 14.8 Å². The molecule has 1 amide bonds. The summed E-state index contributed by atoms with van der Waals surface area (Å²) in [5, 5.41) is 11.2. The second kappa shape index (κ2) is 9.71. The molecular weight excluding hydrogens is 416 g/mol. The molecule has 1 heterocycles. The fraction of sp³-hybridized carbons (Fsp3) is 0.500. The molecule has 0 aliphatic carbocycles. The molecule has 2 rings (SSSR count). The zero-order valence-electron chi connectivity index (χ0n) is 16.7. The monoisotopic (exact) mass is 442 g/mol. The summed E-state index contributed by atoms with van der Waals surface area (Å²) in [6.07, 6.45) is 1.43. The number of thioether (sulfide) groups is 1. The van der Waals surface area contributed by atoms with E-state index in [0.29, 0.717) is 23.2 Å². The first-order chi connectivity index (χ1) is 13.1. The molecule has 1 unspecified atom stereocenters. The van der Waals surface area contributed by atoms with Crippen molar-refractivity contribution in [3.8, 4) is 0 Å². The van der Waals surface area contributed by atoms with E-state index in [1.54, 1.807) is 30.8 Å². The number of amides is 1. The lowest BCUT2D eigenvalue weighted by Crippen LogP contribution is -2.47. The zero-order valence-corrected chi connectivity index (χ0v) is 19.1. The highest BCUT2D eigenvalue weighted by Gasteiger charge is 2.32. The lowest BCUT2D eigenvalue weighted by Gasteiger charge is -2.29. The van der Waals surface area contributed by atoms with Gasteiger partial charge in [0, 0.05) is 5.75 Å². The van der Waals surface area contributed by atoms with Gasteiger partial charge in [-0.1, -0.05) is 61.6 Å². The Morgan fingerprint density at radius 1 is 1.25 bits per heavy atom. The van der Waals surface area contributed by atoms with E-state index in [2.05, 4.69) is 29.4 Å². The van der Waals surface area contributed by atoms with E-state index in [1.807, 2.05) is 19.1 Å². The van der Waals surface area contributed by atoms with Gasteiger partial charge >= 0.3 is 0 Å². The lowest BCUT2D eigenvalue weighted by molar-refractivity contribution is -0.117. The number of benzene rings is 1. The van der Waals surface area contributed by atoms with Gasteiger partial charge in [0.1, 0.15) is 6.04 Å². The van der Waals surface area contributed by atoms with Gasteiger partial charge in [0.05, 0.1) is 11.9 Å². The first kappa shape index (κ1) is 22.6. The zero-order chi connectivity index (χ0) is 20.9. The van der Waals surface area contributed by atoms with Crippen molar-refractivity contribution in [1.29, 1.82) is 0 Å². The van der Waals surface area contributed by atoms with Crippen LogP contribution >= 0.6 is 23.1 Å². The standard InChI is InChI=1S/C18H26N4O3S3/c1-6-15(22(28(5,24)25)14-9-7-13(4)8-10-14)16(23)19-17-20-21-18(27-17)26-11-12(2)3/h7-10,12,15H,6,11H2,1-5H3,(H,19,20,23). The van der Waals surface area contributed by atoms with E-state index in [0.717, 1.165) is 26.2 Å². The number of aryl methyl sites for hydroxylation is 1. The van der Waals surface area contributed by atoms with Crippen LogP contribution in [0.1, 0.15) is 32.8 Å². The van der Waals surface area contributed by atoms with E-state index < -0.39 is 22.0 Å². The van der Waals surface area contributed by atoms with Gasteiger partial charge in [0.25, 0.3) is 0 Å². The number of aromatic nitrogens is 2. The fourth-order valence-corrected chi connectivity index (χ4v) is 5.44. The quantitative estimate of drug-likeness (QED) is 0.469. The van der Waals surface area contributed by atoms with E-state index in [4.69, 9.17) is 0 Å². The van der Waals surface area contributed by atoms with E-state index in [9.17, 15) is 13.2 Å². The summed E-state index contributed by atoms with van der Waals surface area (Å²) in [5.74, 6) is 1.01. The smallest absolute Gasteiger partial charge is 0.250 e. The normalized spacial score (nSPS) is 12.8. The first-order valence-electron chi connectivity index (χ1n) is 8.95. The topological polar surface area (TPSA) is 92.3 Å². The van der Waals surface area contributed by atoms with Crippen LogP contribution in [0, 0.1) is 12.8 Å². The molecule has 28 heavy (non-hydrogen) atoms. The molecule has 0 saturated carbocycles. The molecular formula is C18H26N4O3S3. The van der Waals surface area contributed by atoms with Gasteiger partial charge in [-0.25, -0.2) is 8.42 Å². The number of hydrogen-bond acceptors (Lipinski definition) is 7. The lowest BCUT2D eigenvalue weighted by atomic mass is 10.1. The molecule has 1 atom stereocenters. The number of nitrogens with zero attached hydrogens (tertiary/aromatic N) is 3. The van der Waals surface area contributed by atoms with Crippen LogP contribution in [0.2, 0.25) is 0 Å². The number of hydrogen-bond donors (Lipinski definition) is 1. The van der Waals surface area contributed by atoms with Crippen molar-refractivity contribution in [3.63, 3.8) is 0 Å². The molecule has 1 aromatic heterocycles. The summed E-state index contributed by atoms with van der Waals surface area (Å²) in [5.41, 5.74) is 1.47. The number of carbonyl (C=O) groups excluding carboxylic acids is 1. The molecule has 0 spiro atoms. The molecule has 0 saturated heterocycles. The van der Waals surface area contributed by atoms with Gasteiger partial charge in [0.2, 0.25) is 21.1 Å². The summed E-state index contributed by atoms with van der Waals surface area (Å²) in [6.45, 7) is 7.93. The van der Waals surface area contributed by atoms with Crippen LogP contribution in [0.25, 0.3) is 0 Å². The Balaban J connectivity index is 2.21. The van der Waals surface area contributed by atoms with E-state index >= 15 is 0 Å². The maximum atomic E-state index is 12.9. The van der Waals surface area contributed by atoms with Crippen LogP contribution < -0.4 is 9.62 Å². The molecule has 0 fully saturated rings. The summed E-state index contributed by atoms with van der Waals surface area (Å²) < 4.78 is 26.8. The number of rotatable bonds is 9. The van der Waals surface area contributed by atoms with Crippen molar-refractivity contribution in [1.82, 2.24) is 10.2 Å². The second-order valence-electron chi connectivity index (χ2n) is 6.89. The molecule has 154 valence electrons. The fourth-order valence-electron chi connectivity index (χ4n) is 2.50. The van der Waals surface area contributed by atoms with Gasteiger partial charge in [-0.2, -0.15) is 0 Å². The Labute approximate surface area is 175 Å². The average Bonchev–Trinajstić information content (AvgIpc) is 3.05. The van der Waals surface area contributed by atoms with E-state index in [1.165, 1.54) is 11.3 Å². The predicted molar refractivity (Wildman–Crippen MR) is 117 cm³/mol. The molecule has 0 aliphatic heterocycles. The van der Waals surface area contributed by atoms with Gasteiger partial charge in [-0.3, -0.25) is 14.4 Å². The summed E-state index contributed by atoms with van der Waals surface area (Å²) >= 11 is 2.88. The minimum absolute atomic E-state index is 0.320. The third-order valence-electron chi connectivity index (χ3n) is 3.79. The third kappa shape index (κ3) is 6.18. The largest absolute Gasteiger partial charge is 0.299 e. The number of carbonyl (C=O) groups is 1. The number of sulfonamides is 1. The van der Waals surface area contributed by atoms with Crippen molar-refractivity contribution in [2.24, 2.45) is 5.92 Å². The third-order valence-corrected chi connectivity index (χ3v) is 7.37. The molecule has 1 N–H and O–H groups in total. The van der Waals surface area contributed by atoms with Gasteiger partial charge in [-0.15, -0.1) is 10.2 Å². The van der Waals surface area contributed by atoms with Gasteiger partial charge < -0.3 is 0 Å². The maximum Gasteiger partial charge on any atom is 0.250 e. The minimum Gasteiger partial charge on any atom is -0.299 e. The van der Waals surface area contributed by atoms with Crippen molar-refractivity contribution >= 4 is 49.8 Å². The van der Waals surface area contributed by atoms with Crippen molar-refractivity contribution in [2.45, 2.75) is 44.5 Å². The first-order valence-corrected chi connectivity index (χ1v) is 12.6. The van der Waals surface area contributed by atoms with Crippen molar-refractivity contribution < 1.29 is 13.2 Å². The highest BCUT2D eigenvalue weighted by Crippen LogP contribution is 2.28. The SMILES string of the molecule is CCC(C(=O)Nc1nnc(SCC(C)C)s1)N(c1ccc(C)cc1)S(C)(=O)=O. The summed E-state index contributed by atoms with van der Waals surface area (Å²) in [4.78, 5) is 12.9. The van der Waals surface area contributed by atoms with Crippen LogP contribution in [0.5, 0.6) is 0 Å². The molecule has 10 heteroatoms. The number of anilines is 2. The second-order valence-corrected chi connectivity index (χ2v) is 11.0. The minimum atomic E-state index is -3.66. The Morgan fingerprint density at radius 2 is 1.89 bits per heavy atom. The van der Waals surface area contributed by atoms with Gasteiger partial charge in [-0.05, 0) is 31.4 Å². The average molecular weight is 443 g/mol. The Bertz CT molecular complexity index is 895.